The second-order valence-corrected chi connectivity index (χ2v) is 10.9. The molecule has 0 aromatic heterocycles. The third-order valence-corrected chi connectivity index (χ3v) is 7.81. The quantitative estimate of drug-likeness (QED) is 0.402. The van der Waals surface area contributed by atoms with Gasteiger partial charge in [0.2, 0.25) is 0 Å². The Balaban J connectivity index is 1.53. The summed E-state index contributed by atoms with van der Waals surface area (Å²) in [5, 5.41) is 5.61. The zero-order chi connectivity index (χ0) is 26.6. The lowest BCUT2D eigenvalue weighted by Gasteiger charge is -2.15. The van der Waals surface area contributed by atoms with Gasteiger partial charge in [0.1, 0.15) is 0 Å². The molecule has 1 saturated heterocycles. The van der Waals surface area contributed by atoms with Crippen LogP contribution >= 0.6 is 0 Å². The molecule has 8 nitrogen and oxygen atoms in total. The van der Waals surface area contributed by atoms with Crippen LogP contribution in [0.4, 0.5) is 11.4 Å². The normalized spacial score (nSPS) is 15.3. The van der Waals surface area contributed by atoms with Crippen molar-refractivity contribution in [1.29, 1.82) is 0 Å². The topological polar surface area (TPSA) is 114 Å². The van der Waals surface area contributed by atoms with Crippen LogP contribution in [0.5, 0.6) is 0 Å². The molecule has 37 heavy (non-hydrogen) atoms. The molecular weight excluding hydrogens is 490 g/mol. The predicted molar refractivity (Wildman–Crippen MR) is 144 cm³/mol. The lowest BCUT2D eigenvalue weighted by atomic mass is 10.1. The Hall–Kier alpha value is -3.69. The van der Waals surface area contributed by atoms with E-state index in [2.05, 4.69) is 15.4 Å². The number of rotatable bonds is 8. The molecule has 2 amide bonds. The molecular formula is C28H31N3O5S. The third-order valence-electron chi connectivity index (χ3n) is 6.30. The van der Waals surface area contributed by atoms with Gasteiger partial charge in [-0.3, -0.25) is 14.3 Å². The number of carbonyl (C=O) groups excluding carboxylic acids is 2. The van der Waals surface area contributed by atoms with E-state index in [1.807, 2.05) is 26.0 Å². The third kappa shape index (κ3) is 6.36. The summed E-state index contributed by atoms with van der Waals surface area (Å²) in [4.78, 5) is 25.9. The largest absolute Gasteiger partial charge is 0.376 e. The molecule has 0 spiro atoms. The lowest BCUT2D eigenvalue weighted by molar-refractivity contribution is 0.0858. The van der Waals surface area contributed by atoms with Crippen LogP contribution in [-0.2, 0) is 14.8 Å². The average Bonchev–Trinajstić information content (AvgIpc) is 3.38. The van der Waals surface area contributed by atoms with E-state index in [-0.39, 0.29) is 22.5 Å². The fourth-order valence-electron chi connectivity index (χ4n) is 4.25. The van der Waals surface area contributed by atoms with Gasteiger partial charge in [-0.15, -0.1) is 0 Å². The van der Waals surface area contributed by atoms with Crippen molar-refractivity contribution in [2.45, 2.75) is 44.6 Å². The number of sulfonamides is 1. The molecule has 1 aliphatic heterocycles. The number of ether oxygens (including phenoxy) is 1. The zero-order valence-corrected chi connectivity index (χ0v) is 21.9. The van der Waals surface area contributed by atoms with E-state index in [0.29, 0.717) is 35.7 Å². The molecule has 3 aromatic carbocycles. The van der Waals surface area contributed by atoms with E-state index in [1.165, 1.54) is 6.07 Å². The zero-order valence-electron chi connectivity index (χ0n) is 21.1. The maximum Gasteiger partial charge on any atom is 0.262 e. The smallest absolute Gasteiger partial charge is 0.262 e. The molecule has 1 aliphatic rings. The van der Waals surface area contributed by atoms with Crippen molar-refractivity contribution in [3.63, 3.8) is 0 Å². The summed E-state index contributed by atoms with van der Waals surface area (Å²) in [5.41, 5.74) is 3.59. The standard InChI is InChI=1S/C28H31N3O5S/c1-18-10-13-24(20(3)15-18)31-37(34,35)26-16-21(12-11-19(26)2)27(32)30-25-9-5-4-8-23(25)28(33)29-17-22-7-6-14-36-22/h4-5,8-13,15-16,22,31H,6-7,14,17H2,1-3H3,(H,29,33)(H,30,32)/t22-/m0/s1. The molecule has 3 aromatic rings. The summed E-state index contributed by atoms with van der Waals surface area (Å²) in [6.07, 6.45) is 1.87. The highest BCUT2D eigenvalue weighted by Gasteiger charge is 2.22. The molecule has 1 fully saturated rings. The van der Waals surface area contributed by atoms with Crippen molar-refractivity contribution in [2.24, 2.45) is 0 Å². The molecule has 0 bridgehead atoms. The molecule has 0 unspecified atom stereocenters. The first kappa shape index (κ1) is 26.4. The molecule has 4 rings (SSSR count). The first-order valence-electron chi connectivity index (χ1n) is 12.1. The van der Waals surface area contributed by atoms with Crippen LogP contribution in [0.2, 0.25) is 0 Å². The van der Waals surface area contributed by atoms with Crippen LogP contribution in [-0.4, -0.2) is 39.5 Å². The molecule has 194 valence electrons. The van der Waals surface area contributed by atoms with Crippen molar-refractivity contribution >= 4 is 33.2 Å². The van der Waals surface area contributed by atoms with Gasteiger partial charge in [0.25, 0.3) is 21.8 Å². The van der Waals surface area contributed by atoms with Gasteiger partial charge in [0.05, 0.1) is 27.9 Å². The van der Waals surface area contributed by atoms with Gasteiger partial charge >= 0.3 is 0 Å². The second kappa shape index (κ2) is 11.1. The Kier molecular flexibility index (Phi) is 7.94. The number of hydrogen-bond donors (Lipinski definition) is 3. The second-order valence-electron chi connectivity index (χ2n) is 9.25. The van der Waals surface area contributed by atoms with Crippen LogP contribution < -0.4 is 15.4 Å². The Morgan fingerprint density at radius 3 is 2.43 bits per heavy atom. The van der Waals surface area contributed by atoms with Crippen LogP contribution in [0, 0.1) is 20.8 Å². The van der Waals surface area contributed by atoms with Crippen LogP contribution in [0.15, 0.2) is 65.6 Å². The SMILES string of the molecule is Cc1ccc(NS(=O)(=O)c2cc(C(=O)Nc3ccccc3C(=O)NC[C@@H]3CCCO3)ccc2C)c(C)c1. The highest BCUT2D eigenvalue weighted by Crippen LogP contribution is 2.24. The summed E-state index contributed by atoms with van der Waals surface area (Å²) in [7, 11) is -3.95. The minimum Gasteiger partial charge on any atom is -0.376 e. The number of amides is 2. The van der Waals surface area contributed by atoms with Crippen molar-refractivity contribution in [3.05, 3.63) is 88.5 Å². The van der Waals surface area contributed by atoms with Crippen molar-refractivity contribution in [1.82, 2.24) is 5.32 Å². The van der Waals surface area contributed by atoms with Gasteiger partial charge in [-0.25, -0.2) is 8.42 Å². The van der Waals surface area contributed by atoms with E-state index in [4.69, 9.17) is 4.74 Å². The van der Waals surface area contributed by atoms with Crippen LogP contribution in [0.3, 0.4) is 0 Å². The summed E-state index contributed by atoms with van der Waals surface area (Å²) >= 11 is 0. The Labute approximate surface area is 217 Å². The summed E-state index contributed by atoms with van der Waals surface area (Å²) in [6.45, 7) is 6.53. The maximum atomic E-state index is 13.2. The fraction of sp³-hybridized carbons (Fsp3) is 0.286. The number of benzene rings is 3. The van der Waals surface area contributed by atoms with E-state index < -0.39 is 15.9 Å². The van der Waals surface area contributed by atoms with Crippen LogP contribution in [0.1, 0.15) is 50.2 Å². The Morgan fingerprint density at radius 1 is 0.919 bits per heavy atom. The summed E-state index contributed by atoms with van der Waals surface area (Å²) in [6, 6.07) is 16.6. The summed E-state index contributed by atoms with van der Waals surface area (Å²) in [5.74, 6) is -0.849. The van der Waals surface area contributed by atoms with E-state index >= 15 is 0 Å². The van der Waals surface area contributed by atoms with Gasteiger partial charge < -0.3 is 15.4 Å². The highest BCUT2D eigenvalue weighted by atomic mass is 32.2. The summed E-state index contributed by atoms with van der Waals surface area (Å²) < 4.78 is 34.6. The van der Waals surface area contributed by atoms with E-state index in [9.17, 15) is 18.0 Å². The van der Waals surface area contributed by atoms with Gasteiger partial charge in [0.15, 0.2) is 0 Å². The molecule has 0 aliphatic carbocycles. The van der Waals surface area contributed by atoms with Crippen LogP contribution in [0.25, 0.3) is 0 Å². The van der Waals surface area contributed by atoms with Gasteiger partial charge in [0, 0.05) is 18.7 Å². The molecule has 0 saturated carbocycles. The molecule has 3 N–H and O–H groups in total. The highest BCUT2D eigenvalue weighted by molar-refractivity contribution is 7.92. The van der Waals surface area contributed by atoms with Gasteiger partial charge in [-0.2, -0.15) is 0 Å². The maximum absolute atomic E-state index is 13.2. The molecule has 0 radical (unpaired) electrons. The van der Waals surface area contributed by atoms with Crippen molar-refractivity contribution in [3.8, 4) is 0 Å². The number of hydrogen-bond acceptors (Lipinski definition) is 5. The number of carbonyl (C=O) groups is 2. The number of aryl methyl sites for hydroxylation is 3. The number of anilines is 2. The van der Waals surface area contributed by atoms with E-state index in [1.54, 1.807) is 49.4 Å². The molecule has 1 heterocycles. The number of nitrogens with one attached hydrogen (secondary N) is 3. The van der Waals surface area contributed by atoms with Gasteiger partial charge in [-0.1, -0.05) is 35.9 Å². The van der Waals surface area contributed by atoms with Gasteiger partial charge in [-0.05, 0) is 75.1 Å². The minimum absolute atomic E-state index is 0.00252. The Morgan fingerprint density at radius 2 is 1.70 bits per heavy atom. The number of para-hydroxylation sites is 1. The van der Waals surface area contributed by atoms with E-state index in [0.717, 1.165) is 24.0 Å². The first-order chi connectivity index (χ1) is 17.6. The van der Waals surface area contributed by atoms with Crippen molar-refractivity contribution in [2.75, 3.05) is 23.2 Å². The first-order valence-corrected chi connectivity index (χ1v) is 13.6. The molecule has 1 atom stereocenters. The monoisotopic (exact) mass is 521 g/mol. The fourth-order valence-corrected chi connectivity index (χ4v) is 5.65. The predicted octanol–water partition coefficient (Wildman–Crippen LogP) is 4.57. The Bertz CT molecular complexity index is 1430. The van der Waals surface area contributed by atoms with Crippen molar-refractivity contribution < 1.29 is 22.7 Å². The molecule has 9 heteroatoms. The lowest BCUT2D eigenvalue weighted by Crippen LogP contribution is -2.32. The minimum atomic E-state index is -3.95. The average molecular weight is 522 g/mol.